The van der Waals surface area contributed by atoms with Crippen LogP contribution in [0.2, 0.25) is 0 Å². The van der Waals surface area contributed by atoms with Gasteiger partial charge in [-0.15, -0.1) is 0 Å². The molecule has 1 heterocycles. The number of benzene rings is 1. The zero-order valence-corrected chi connectivity index (χ0v) is 15.2. The molecule has 9 heteroatoms. The Morgan fingerprint density at radius 3 is 2.59 bits per heavy atom. The SMILES string of the molecule is CCN(CC(=O)O)C1CCN(CC(=O)Nc2ccccc2OC(F)F)CC1. The molecule has 1 saturated heterocycles. The van der Waals surface area contributed by atoms with Gasteiger partial charge < -0.3 is 15.2 Å². The monoisotopic (exact) mass is 385 g/mol. The number of carboxylic acid groups (broad SMARTS) is 1. The van der Waals surface area contributed by atoms with Crippen LogP contribution in [-0.4, -0.2) is 72.2 Å². The molecule has 0 saturated carbocycles. The first kappa shape index (κ1) is 21.0. The summed E-state index contributed by atoms with van der Waals surface area (Å²) in [5, 5.41) is 11.6. The van der Waals surface area contributed by atoms with E-state index in [0.717, 1.165) is 12.8 Å². The first-order chi connectivity index (χ1) is 12.9. The lowest BCUT2D eigenvalue weighted by Crippen LogP contribution is -2.48. The summed E-state index contributed by atoms with van der Waals surface area (Å²) >= 11 is 0. The van der Waals surface area contributed by atoms with Crippen LogP contribution in [0.15, 0.2) is 24.3 Å². The second-order valence-corrected chi connectivity index (χ2v) is 6.39. The zero-order chi connectivity index (χ0) is 19.8. The molecule has 1 fully saturated rings. The predicted molar refractivity (Wildman–Crippen MR) is 96.0 cm³/mol. The summed E-state index contributed by atoms with van der Waals surface area (Å²) < 4.78 is 29.3. The molecule has 150 valence electrons. The molecule has 0 atom stereocenters. The number of carboxylic acids is 1. The molecule has 0 bridgehead atoms. The highest BCUT2D eigenvalue weighted by atomic mass is 19.3. The third-order valence-corrected chi connectivity index (χ3v) is 4.56. The zero-order valence-electron chi connectivity index (χ0n) is 15.2. The lowest BCUT2D eigenvalue weighted by atomic mass is 10.0. The van der Waals surface area contributed by atoms with Crippen LogP contribution in [0.1, 0.15) is 19.8 Å². The van der Waals surface area contributed by atoms with E-state index in [1.807, 2.05) is 16.7 Å². The Hall–Kier alpha value is -2.26. The minimum atomic E-state index is -2.96. The van der Waals surface area contributed by atoms with E-state index in [1.165, 1.54) is 12.1 Å². The average Bonchev–Trinajstić information content (AvgIpc) is 2.61. The van der Waals surface area contributed by atoms with Gasteiger partial charge in [-0.05, 0) is 31.5 Å². The number of para-hydroxylation sites is 2. The van der Waals surface area contributed by atoms with Crippen LogP contribution in [0, 0.1) is 0 Å². The number of likely N-dealkylation sites (N-methyl/N-ethyl adjacent to an activating group) is 1. The first-order valence-corrected chi connectivity index (χ1v) is 8.91. The standard InChI is InChI=1S/C18H25F2N3O4/c1-2-23(12-17(25)26)13-7-9-22(10-8-13)11-16(24)21-14-5-3-4-6-15(14)27-18(19)20/h3-6,13,18H,2,7-12H2,1H3,(H,21,24)(H,25,26). The van der Waals surface area contributed by atoms with Gasteiger partial charge in [0, 0.05) is 19.1 Å². The number of piperidine rings is 1. The number of anilines is 1. The normalized spacial score (nSPS) is 15.9. The average molecular weight is 385 g/mol. The summed E-state index contributed by atoms with van der Waals surface area (Å²) in [6, 6.07) is 6.24. The summed E-state index contributed by atoms with van der Waals surface area (Å²) in [6.07, 6.45) is 1.55. The number of aliphatic carboxylic acids is 1. The number of alkyl halides is 2. The van der Waals surface area contributed by atoms with Gasteiger partial charge in [-0.25, -0.2) is 0 Å². The van der Waals surface area contributed by atoms with Crippen LogP contribution < -0.4 is 10.1 Å². The van der Waals surface area contributed by atoms with Crippen LogP contribution in [0.5, 0.6) is 5.75 Å². The highest BCUT2D eigenvalue weighted by Crippen LogP contribution is 2.25. The highest BCUT2D eigenvalue weighted by Gasteiger charge is 2.26. The molecule has 2 N–H and O–H groups in total. The predicted octanol–water partition coefficient (Wildman–Crippen LogP) is 2.10. The van der Waals surface area contributed by atoms with E-state index >= 15 is 0 Å². The largest absolute Gasteiger partial charge is 0.480 e. The Kier molecular flexibility index (Phi) is 7.93. The van der Waals surface area contributed by atoms with Gasteiger partial charge in [0.1, 0.15) is 5.75 Å². The van der Waals surface area contributed by atoms with E-state index in [-0.39, 0.29) is 36.5 Å². The molecule has 1 amide bonds. The van der Waals surface area contributed by atoms with Crippen molar-refractivity contribution in [3.05, 3.63) is 24.3 Å². The lowest BCUT2D eigenvalue weighted by Gasteiger charge is -2.37. The molecule has 27 heavy (non-hydrogen) atoms. The van der Waals surface area contributed by atoms with Crippen molar-refractivity contribution in [1.82, 2.24) is 9.80 Å². The maximum atomic E-state index is 12.4. The van der Waals surface area contributed by atoms with Gasteiger partial charge in [-0.2, -0.15) is 8.78 Å². The summed E-state index contributed by atoms with van der Waals surface area (Å²) in [6.45, 7) is 1.13. The fourth-order valence-electron chi connectivity index (χ4n) is 3.28. The van der Waals surface area contributed by atoms with E-state index in [9.17, 15) is 18.4 Å². The smallest absolute Gasteiger partial charge is 0.387 e. The van der Waals surface area contributed by atoms with E-state index in [4.69, 9.17) is 5.11 Å². The molecule has 1 aromatic carbocycles. The summed E-state index contributed by atoms with van der Waals surface area (Å²) in [7, 11) is 0. The van der Waals surface area contributed by atoms with Gasteiger partial charge in [0.2, 0.25) is 5.91 Å². The number of halogens is 2. The van der Waals surface area contributed by atoms with E-state index in [2.05, 4.69) is 10.1 Å². The number of hydrogen-bond acceptors (Lipinski definition) is 5. The number of amides is 1. The molecule has 0 spiro atoms. The molecule has 0 radical (unpaired) electrons. The van der Waals surface area contributed by atoms with Crippen LogP contribution >= 0.6 is 0 Å². The van der Waals surface area contributed by atoms with E-state index < -0.39 is 12.6 Å². The van der Waals surface area contributed by atoms with Crippen molar-refractivity contribution in [2.75, 3.05) is 38.0 Å². The van der Waals surface area contributed by atoms with Gasteiger partial charge in [-0.1, -0.05) is 19.1 Å². The van der Waals surface area contributed by atoms with Gasteiger partial charge >= 0.3 is 12.6 Å². The Balaban J connectivity index is 1.84. The molecule has 2 rings (SSSR count). The van der Waals surface area contributed by atoms with Crippen LogP contribution in [0.4, 0.5) is 14.5 Å². The third-order valence-electron chi connectivity index (χ3n) is 4.56. The van der Waals surface area contributed by atoms with E-state index in [0.29, 0.717) is 19.6 Å². The van der Waals surface area contributed by atoms with Crippen molar-refractivity contribution < 1.29 is 28.2 Å². The third kappa shape index (κ3) is 6.76. The van der Waals surface area contributed by atoms with Gasteiger partial charge in [-0.3, -0.25) is 19.4 Å². The number of likely N-dealkylation sites (tertiary alicyclic amines) is 1. The highest BCUT2D eigenvalue weighted by molar-refractivity contribution is 5.93. The van der Waals surface area contributed by atoms with Crippen LogP contribution in [0.25, 0.3) is 0 Å². The fraction of sp³-hybridized carbons (Fsp3) is 0.556. The van der Waals surface area contributed by atoms with Gasteiger partial charge in [0.15, 0.2) is 0 Å². The van der Waals surface area contributed by atoms with Crippen molar-refractivity contribution in [1.29, 1.82) is 0 Å². The Morgan fingerprint density at radius 1 is 1.33 bits per heavy atom. The molecule has 0 aliphatic carbocycles. The Morgan fingerprint density at radius 2 is 2.00 bits per heavy atom. The minimum absolute atomic E-state index is 0.0164. The fourth-order valence-corrected chi connectivity index (χ4v) is 3.28. The quantitative estimate of drug-likeness (QED) is 0.678. The van der Waals surface area contributed by atoms with Crippen molar-refractivity contribution in [3.63, 3.8) is 0 Å². The summed E-state index contributed by atoms with van der Waals surface area (Å²) in [4.78, 5) is 27.1. The van der Waals surface area contributed by atoms with Gasteiger partial charge in [0.05, 0.1) is 18.8 Å². The number of nitrogens with zero attached hydrogens (tertiary/aromatic N) is 2. The second kappa shape index (κ2) is 10.2. The van der Waals surface area contributed by atoms with Crippen molar-refractivity contribution in [3.8, 4) is 5.75 Å². The number of ether oxygens (including phenoxy) is 1. The second-order valence-electron chi connectivity index (χ2n) is 6.39. The number of hydrogen-bond donors (Lipinski definition) is 2. The maximum absolute atomic E-state index is 12.4. The molecule has 0 aromatic heterocycles. The number of carbonyl (C=O) groups excluding carboxylic acids is 1. The maximum Gasteiger partial charge on any atom is 0.387 e. The first-order valence-electron chi connectivity index (χ1n) is 8.91. The molecule has 7 nitrogen and oxygen atoms in total. The molecule has 1 aromatic rings. The lowest BCUT2D eigenvalue weighted by molar-refractivity contribution is -0.139. The van der Waals surface area contributed by atoms with Crippen molar-refractivity contribution in [2.24, 2.45) is 0 Å². The van der Waals surface area contributed by atoms with Crippen molar-refractivity contribution in [2.45, 2.75) is 32.4 Å². The number of nitrogens with one attached hydrogen (secondary N) is 1. The molecule has 1 aliphatic rings. The molecule has 1 aliphatic heterocycles. The minimum Gasteiger partial charge on any atom is -0.480 e. The topological polar surface area (TPSA) is 82.1 Å². The number of rotatable bonds is 9. The van der Waals surface area contributed by atoms with Crippen LogP contribution in [-0.2, 0) is 9.59 Å². The molecular formula is C18H25F2N3O4. The van der Waals surface area contributed by atoms with Gasteiger partial charge in [0.25, 0.3) is 0 Å². The van der Waals surface area contributed by atoms with Crippen LogP contribution in [0.3, 0.4) is 0 Å². The Bertz CT molecular complexity index is 637. The summed E-state index contributed by atoms with van der Waals surface area (Å²) in [5.41, 5.74) is 0.205. The van der Waals surface area contributed by atoms with Crippen molar-refractivity contribution >= 4 is 17.6 Å². The Labute approximate surface area is 156 Å². The van der Waals surface area contributed by atoms with E-state index in [1.54, 1.807) is 12.1 Å². The molecular weight excluding hydrogens is 360 g/mol. The summed E-state index contributed by atoms with van der Waals surface area (Å²) in [5.74, 6) is -1.23. The molecule has 0 unspecified atom stereocenters. The number of carbonyl (C=O) groups is 2.